The Bertz CT molecular complexity index is 1360. The van der Waals surface area contributed by atoms with Gasteiger partial charge in [-0.25, -0.2) is 9.98 Å². The molecule has 2 heterocycles. The monoisotopic (exact) mass is 502 g/mol. The zero-order valence-corrected chi connectivity index (χ0v) is 19.1. The molecule has 4 rings (SSSR count). The second-order valence-electron chi connectivity index (χ2n) is 7.36. The number of nitriles is 2. The molecule has 0 fully saturated rings. The van der Waals surface area contributed by atoms with E-state index in [1.807, 2.05) is 55.6 Å². The molecule has 10 heteroatoms. The van der Waals surface area contributed by atoms with Crippen molar-refractivity contribution < 1.29 is 4.74 Å². The van der Waals surface area contributed by atoms with Gasteiger partial charge in [-0.1, -0.05) is 45.8 Å². The Kier molecular flexibility index (Phi) is 6.03. The highest BCUT2D eigenvalue weighted by Crippen LogP contribution is 2.44. The Morgan fingerprint density at radius 3 is 2.76 bits per heavy atom. The number of halogens is 1. The summed E-state index contributed by atoms with van der Waals surface area (Å²) < 4.78 is 6.97. The van der Waals surface area contributed by atoms with Crippen molar-refractivity contribution in [1.29, 1.82) is 10.5 Å². The third-order valence-electron chi connectivity index (χ3n) is 5.10. The van der Waals surface area contributed by atoms with Gasteiger partial charge in [0.1, 0.15) is 41.7 Å². The van der Waals surface area contributed by atoms with E-state index >= 15 is 0 Å². The van der Waals surface area contributed by atoms with Crippen LogP contribution in [0.1, 0.15) is 33.9 Å². The molecule has 0 radical (unpaired) electrons. The lowest BCUT2D eigenvalue weighted by Crippen LogP contribution is -2.33. The number of fused-ring (bicyclic) bond motifs is 1. The summed E-state index contributed by atoms with van der Waals surface area (Å²) in [5.74, 6) is 1.05. The van der Waals surface area contributed by atoms with Crippen LogP contribution < -0.4 is 26.8 Å². The van der Waals surface area contributed by atoms with Crippen molar-refractivity contribution in [1.82, 2.24) is 10.3 Å². The first kappa shape index (κ1) is 21.9. The summed E-state index contributed by atoms with van der Waals surface area (Å²) in [6.45, 7) is 2.37. The molecule has 0 amide bonds. The van der Waals surface area contributed by atoms with E-state index < -0.39 is 6.04 Å². The van der Waals surface area contributed by atoms with Gasteiger partial charge in [-0.15, -0.1) is 0 Å². The SMILES string of the molecule is Cc1cccc(COc2ccc(Br)cc2C2N=C(NC#N)Nc3nc(N)c(C#N)c(N)c32)c1. The fourth-order valence-corrected chi connectivity index (χ4v) is 4.01. The normalized spacial score (nSPS) is 14.2. The van der Waals surface area contributed by atoms with E-state index in [-0.39, 0.29) is 23.0 Å². The molecule has 9 nitrogen and oxygen atoms in total. The van der Waals surface area contributed by atoms with Gasteiger partial charge in [0, 0.05) is 15.6 Å². The summed E-state index contributed by atoms with van der Waals surface area (Å²) in [5.41, 5.74) is 15.8. The van der Waals surface area contributed by atoms with Crippen molar-refractivity contribution in [3.05, 3.63) is 74.8 Å². The van der Waals surface area contributed by atoms with E-state index in [4.69, 9.17) is 21.5 Å². The number of nitrogens with two attached hydrogens (primary N) is 2. The van der Waals surface area contributed by atoms with E-state index in [1.54, 1.807) is 0 Å². The van der Waals surface area contributed by atoms with Crippen LogP contribution in [0.25, 0.3) is 0 Å². The van der Waals surface area contributed by atoms with Crippen LogP contribution in [-0.4, -0.2) is 10.9 Å². The second kappa shape index (κ2) is 9.07. The maximum Gasteiger partial charge on any atom is 0.211 e. The quantitative estimate of drug-likeness (QED) is 0.310. The number of benzene rings is 2. The van der Waals surface area contributed by atoms with Gasteiger partial charge in [-0.3, -0.25) is 5.32 Å². The van der Waals surface area contributed by atoms with Crippen LogP contribution in [0.2, 0.25) is 0 Å². The van der Waals surface area contributed by atoms with E-state index in [0.29, 0.717) is 29.3 Å². The molecule has 1 aromatic heterocycles. The molecule has 0 bridgehead atoms. The first-order valence-electron chi connectivity index (χ1n) is 9.88. The Balaban J connectivity index is 1.83. The first-order valence-corrected chi connectivity index (χ1v) is 10.7. The minimum Gasteiger partial charge on any atom is -0.489 e. The second-order valence-corrected chi connectivity index (χ2v) is 8.28. The van der Waals surface area contributed by atoms with Crippen molar-refractivity contribution >= 4 is 39.2 Å². The number of rotatable bonds is 4. The zero-order valence-electron chi connectivity index (χ0n) is 17.6. The highest BCUT2D eigenvalue weighted by atomic mass is 79.9. The highest BCUT2D eigenvalue weighted by Gasteiger charge is 2.31. The molecular formula is C23H19BrN8O. The molecule has 164 valence electrons. The molecule has 3 aromatic rings. The average Bonchev–Trinajstić information content (AvgIpc) is 2.78. The minimum atomic E-state index is -0.706. The molecule has 6 N–H and O–H groups in total. The number of hydrogen-bond acceptors (Lipinski definition) is 9. The van der Waals surface area contributed by atoms with Gasteiger partial charge in [0.2, 0.25) is 5.96 Å². The first-order chi connectivity index (χ1) is 15.9. The van der Waals surface area contributed by atoms with Crippen molar-refractivity contribution in [2.75, 3.05) is 16.8 Å². The lowest BCUT2D eigenvalue weighted by atomic mass is 9.94. The Morgan fingerprint density at radius 2 is 2.03 bits per heavy atom. The molecule has 0 saturated carbocycles. The number of ether oxygens (including phenoxy) is 1. The number of aromatic nitrogens is 1. The third kappa shape index (κ3) is 4.38. The van der Waals surface area contributed by atoms with Crippen molar-refractivity contribution in [3.8, 4) is 18.0 Å². The molecule has 1 unspecified atom stereocenters. The van der Waals surface area contributed by atoms with Gasteiger partial charge in [0.25, 0.3) is 0 Å². The predicted octanol–water partition coefficient (Wildman–Crippen LogP) is 3.71. The molecule has 1 aliphatic rings. The molecule has 33 heavy (non-hydrogen) atoms. The third-order valence-corrected chi connectivity index (χ3v) is 5.59. The molecule has 1 atom stereocenters. The van der Waals surface area contributed by atoms with Gasteiger partial charge in [0.15, 0.2) is 6.19 Å². The smallest absolute Gasteiger partial charge is 0.211 e. The van der Waals surface area contributed by atoms with Crippen LogP contribution in [0, 0.1) is 29.7 Å². The van der Waals surface area contributed by atoms with E-state index in [0.717, 1.165) is 15.6 Å². The molecule has 1 aliphatic heterocycles. The lowest BCUT2D eigenvalue weighted by Gasteiger charge is -2.27. The van der Waals surface area contributed by atoms with Crippen LogP contribution in [-0.2, 0) is 6.61 Å². The summed E-state index contributed by atoms with van der Waals surface area (Å²) in [4.78, 5) is 8.91. The van der Waals surface area contributed by atoms with Crippen LogP contribution >= 0.6 is 15.9 Å². The maximum atomic E-state index is 9.53. The molecule has 0 spiro atoms. The van der Waals surface area contributed by atoms with Gasteiger partial charge in [0.05, 0.1) is 5.69 Å². The summed E-state index contributed by atoms with van der Waals surface area (Å²) in [5, 5.41) is 24.1. The fraction of sp³-hybridized carbons (Fsp3) is 0.130. The number of guanidine groups is 1. The molecular weight excluding hydrogens is 484 g/mol. The number of hydrogen-bond donors (Lipinski definition) is 4. The summed E-state index contributed by atoms with van der Waals surface area (Å²) in [6.07, 6.45) is 1.84. The Labute approximate surface area is 198 Å². The molecule has 0 aliphatic carbocycles. The van der Waals surface area contributed by atoms with Gasteiger partial charge in [-0.2, -0.15) is 10.5 Å². The lowest BCUT2D eigenvalue weighted by molar-refractivity contribution is 0.302. The minimum absolute atomic E-state index is 0.0108. The van der Waals surface area contributed by atoms with E-state index in [1.165, 1.54) is 0 Å². The predicted molar refractivity (Wildman–Crippen MR) is 129 cm³/mol. The summed E-state index contributed by atoms with van der Waals surface area (Å²) in [7, 11) is 0. The van der Waals surface area contributed by atoms with Crippen LogP contribution in [0.15, 0.2) is 51.9 Å². The van der Waals surface area contributed by atoms with Crippen LogP contribution in [0.4, 0.5) is 17.3 Å². The fourth-order valence-electron chi connectivity index (χ4n) is 3.63. The number of aryl methyl sites for hydroxylation is 1. The number of nitrogens with zero attached hydrogens (tertiary/aromatic N) is 4. The summed E-state index contributed by atoms with van der Waals surface area (Å²) in [6, 6.07) is 14.9. The zero-order chi connectivity index (χ0) is 23.5. The molecule has 0 saturated heterocycles. The average molecular weight is 503 g/mol. The van der Waals surface area contributed by atoms with Gasteiger partial charge >= 0.3 is 0 Å². The van der Waals surface area contributed by atoms with Crippen molar-refractivity contribution in [2.45, 2.75) is 19.6 Å². The number of aliphatic imine (C=N–C) groups is 1. The standard InChI is InChI=1S/C23H19BrN8O/c1-12-3-2-4-13(7-12)10-33-17-6-5-14(24)8-15(17)20-18-19(27)16(9-25)21(28)31-22(18)32-23(30-20)29-11-26/h2-8,20H,10H2,1H3,(H6,27,28,29,30,31,32). The Hall–Kier alpha value is -4.28. The number of nitrogens with one attached hydrogen (secondary N) is 2. The van der Waals surface area contributed by atoms with Crippen molar-refractivity contribution in [2.24, 2.45) is 4.99 Å². The van der Waals surface area contributed by atoms with Gasteiger partial charge < -0.3 is 21.5 Å². The van der Waals surface area contributed by atoms with Crippen LogP contribution in [0.3, 0.4) is 0 Å². The van der Waals surface area contributed by atoms with Crippen molar-refractivity contribution in [3.63, 3.8) is 0 Å². The highest BCUT2D eigenvalue weighted by molar-refractivity contribution is 9.10. The largest absolute Gasteiger partial charge is 0.489 e. The van der Waals surface area contributed by atoms with Gasteiger partial charge in [-0.05, 0) is 30.7 Å². The summed E-state index contributed by atoms with van der Waals surface area (Å²) >= 11 is 3.51. The number of pyridine rings is 1. The topological polar surface area (TPSA) is 158 Å². The number of anilines is 3. The van der Waals surface area contributed by atoms with E-state index in [9.17, 15) is 5.26 Å². The molecule has 2 aromatic carbocycles. The van der Waals surface area contributed by atoms with E-state index in [2.05, 4.69) is 42.6 Å². The Morgan fingerprint density at radius 1 is 1.21 bits per heavy atom. The number of nitrogen functional groups attached to an aromatic ring is 2. The van der Waals surface area contributed by atoms with Crippen LogP contribution in [0.5, 0.6) is 5.75 Å². The maximum absolute atomic E-state index is 9.53.